The van der Waals surface area contributed by atoms with Crippen molar-refractivity contribution in [3.8, 4) is 11.1 Å². The molecule has 10 heteroatoms. The number of nitrogens with zero attached hydrogens (tertiary/aromatic N) is 3. The van der Waals surface area contributed by atoms with E-state index in [1.165, 1.54) is 38.6 Å². The molecule has 0 unspecified atom stereocenters. The van der Waals surface area contributed by atoms with Crippen molar-refractivity contribution in [1.29, 1.82) is 0 Å². The maximum atomic E-state index is 12.3. The van der Waals surface area contributed by atoms with Crippen LogP contribution in [-0.4, -0.2) is 48.0 Å². The van der Waals surface area contributed by atoms with Crippen molar-refractivity contribution in [2.45, 2.75) is 4.90 Å². The van der Waals surface area contributed by atoms with E-state index in [0.717, 1.165) is 4.31 Å². The topological polar surface area (TPSA) is 139 Å². The molecule has 0 fully saturated rings. The molecule has 4 N–H and O–H groups in total. The van der Waals surface area contributed by atoms with E-state index in [4.69, 9.17) is 10.8 Å². The number of nitrogens with two attached hydrogens (primary N) is 1. The summed E-state index contributed by atoms with van der Waals surface area (Å²) in [4.78, 5) is 18.3. The first-order valence-electron chi connectivity index (χ1n) is 6.36. The molecule has 0 saturated carbocycles. The second kappa shape index (κ2) is 6.18. The van der Waals surface area contributed by atoms with Gasteiger partial charge in [0.25, 0.3) is 0 Å². The van der Waals surface area contributed by atoms with Gasteiger partial charge in [0.2, 0.25) is 10.0 Å². The molecule has 0 saturated heterocycles. The highest BCUT2D eigenvalue weighted by Crippen LogP contribution is 2.27. The number of anilines is 2. The molecule has 23 heavy (non-hydrogen) atoms. The van der Waals surface area contributed by atoms with Crippen LogP contribution in [-0.2, 0) is 10.0 Å². The van der Waals surface area contributed by atoms with Gasteiger partial charge >= 0.3 is 6.09 Å². The van der Waals surface area contributed by atoms with Crippen LogP contribution in [0.3, 0.4) is 0 Å². The third-order valence-corrected chi connectivity index (χ3v) is 4.81. The number of hydrogen-bond acceptors (Lipinski definition) is 6. The van der Waals surface area contributed by atoms with Crippen LogP contribution in [0.1, 0.15) is 0 Å². The van der Waals surface area contributed by atoms with Crippen LogP contribution in [0, 0.1) is 0 Å². The number of aromatic nitrogens is 2. The maximum absolute atomic E-state index is 12.3. The Morgan fingerprint density at radius 3 is 2.57 bits per heavy atom. The first kappa shape index (κ1) is 16.6. The predicted octanol–water partition coefficient (Wildman–Crippen LogP) is 1.07. The highest BCUT2D eigenvalue weighted by atomic mass is 32.2. The van der Waals surface area contributed by atoms with Gasteiger partial charge in [0.05, 0.1) is 0 Å². The molecule has 0 aromatic carbocycles. The molecule has 1 amide bonds. The summed E-state index contributed by atoms with van der Waals surface area (Å²) in [5.74, 6) is 0.00392. The Morgan fingerprint density at radius 2 is 1.96 bits per heavy atom. The Labute approximate surface area is 132 Å². The normalized spacial score (nSPS) is 11.4. The Bertz CT molecular complexity index is 851. The van der Waals surface area contributed by atoms with E-state index < -0.39 is 16.1 Å². The smallest absolute Gasteiger partial charge is 0.410 e. The van der Waals surface area contributed by atoms with Gasteiger partial charge in [0.1, 0.15) is 16.5 Å². The molecule has 2 aromatic rings. The zero-order valence-corrected chi connectivity index (χ0v) is 13.2. The third kappa shape index (κ3) is 3.55. The van der Waals surface area contributed by atoms with E-state index in [-0.39, 0.29) is 16.5 Å². The van der Waals surface area contributed by atoms with Crippen molar-refractivity contribution in [2.75, 3.05) is 25.1 Å². The van der Waals surface area contributed by atoms with Gasteiger partial charge in [0, 0.05) is 32.1 Å². The minimum atomic E-state index is -3.75. The Hall–Kier alpha value is -2.72. The van der Waals surface area contributed by atoms with Crippen LogP contribution in [0.4, 0.5) is 16.4 Å². The lowest BCUT2D eigenvalue weighted by Gasteiger charge is -2.14. The van der Waals surface area contributed by atoms with Crippen LogP contribution in [0.2, 0.25) is 0 Å². The lowest BCUT2D eigenvalue weighted by Crippen LogP contribution is -2.23. The lowest BCUT2D eigenvalue weighted by molar-refractivity contribution is 0.209. The maximum Gasteiger partial charge on any atom is 0.410 e. The fourth-order valence-corrected chi connectivity index (χ4v) is 2.79. The molecule has 2 aromatic heterocycles. The summed E-state index contributed by atoms with van der Waals surface area (Å²) in [7, 11) is -0.963. The van der Waals surface area contributed by atoms with Crippen LogP contribution in [0.25, 0.3) is 11.1 Å². The molecule has 2 heterocycles. The molecule has 9 nitrogen and oxygen atoms in total. The molecule has 122 valence electrons. The average molecular weight is 337 g/mol. The molecule has 0 spiro atoms. The first-order chi connectivity index (χ1) is 10.7. The molecule has 0 atom stereocenters. The highest BCUT2D eigenvalue weighted by Gasteiger charge is 2.22. The minimum absolute atomic E-state index is 0.111. The standard InChI is InChI=1S/C13H15N5O4S/c1-18(2)23(21,22)10-5-9(7-16-12(10)14)8-3-4-15-11(6-8)17-13(19)20/h3-7H,1-2H3,(H2,14,16)(H,15,17)(H,19,20). The van der Waals surface area contributed by atoms with Crippen molar-refractivity contribution < 1.29 is 18.3 Å². The van der Waals surface area contributed by atoms with Crippen molar-refractivity contribution in [2.24, 2.45) is 0 Å². The number of hydrogen-bond donors (Lipinski definition) is 3. The van der Waals surface area contributed by atoms with Crippen LogP contribution >= 0.6 is 0 Å². The van der Waals surface area contributed by atoms with Crippen molar-refractivity contribution in [1.82, 2.24) is 14.3 Å². The van der Waals surface area contributed by atoms with Crippen molar-refractivity contribution in [3.63, 3.8) is 0 Å². The molecular formula is C13H15N5O4S. The fraction of sp³-hybridized carbons (Fsp3) is 0.154. The van der Waals surface area contributed by atoms with Crippen molar-refractivity contribution in [3.05, 3.63) is 30.6 Å². The van der Waals surface area contributed by atoms with E-state index in [1.807, 2.05) is 0 Å². The second-order valence-corrected chi connectivity index (χ2v) is 6.87. The Balaban J connectivity index is 2.52. The largest absolute Gasteiger partial charge is 0.465 e. The molecule has 2 rings (SSSR count). The van der Waals surface area contributed by atoms with E-state index in [2.05, 4.69) is 15.3 Å². The van der Waals surface area contributed by atoms with Gasteiger partial charge in [-0.3, -0.25) is 5.32 Å². The van der Waals surface area contributed by atoms with Crippen molar-refractivity contribution >= 4 is 27.8 Å². The highest BCUT2D eigenvalue weighted by molar-refractivity contribution is 7.89. The van der Waals surface area contributed by atoms with Gasteiger partial charge in [0.15, 0.2) is 0 Å². The minimum Gasteiger partial charge on any atom is -0.465 e. The third-order valence-electron chi connectivity index (χ3n) is 2.97. The summed E-state index contributed by atoms with van der Waals surface area (Å²) in [6, 6.07) is 4.46. The number of carboxylic acid groups (broad SMARTS) is 1. The van der Waals surface area contributed by atoms with Gasteiger partial charge < -0.3 is 10.8 Å². The summed E-state index contributed by atoms with van der Waals surface area (Å²) in [6.07, 6.45) is 1.56. The number of nitrogens with one attached hydrogen (secondary N) is 1. The molecule has 0 aliphatic carbocycles. The van der Waals surface area contributed by atoms with E-state index >= 15 is 0 Å². The number of amides is 1. The molecule has 0 radical (unpaired) electrons. The number of carbonyl (C=O) groups is 1. The Morgan fingerprint density at radius 1 is 1.26 bits per heavy atom. The molecule has 0 aliphatic heterocycles. The van der Waals surface area contributed by atoms with E-state index in [1.54, 1.807) is 6.07 Å². The second-order valence-electron chi connectivity index (χ2n) is 4.75. The van der Waals surface area contributed by atoms with Gasteiger partial charge in [-0.15, -0.1) is 0 Å². The first-order valence-corrected chi connectivity index (χ1v) is 7.80. The quantitative estimate of drug-likeness (QED) is 0.758. The number of pyridine rings is 2. The van der Waals surface area contributed by atoms with Crippen LogP contribution in [0.5, 0.6) is 0 Å². The van der Waals surface area contributed by atoms with Crippen LogP contribution in [0.15, 0.2) is 35.5 Å². The predicted molar refractivity (Wildman–Crippen MR) is 84.4 cm³/mol. The number of nitrogen functional groups attached to an aromatic ring is 1. The molecule has 0 aliphatic rings. The number of rotatable bonds is 4. The summed E-state index contributed by atoms with van der Waals surface area (Å²) < 4.78 is 25.5. The van der Waals surface area contributed by atoms with Gasteiger partial charge in [-0.25, -0.2) is 27.5 Å². The summed E-state index contributed by atoms with van der Waals surface area (Å²) in [6.45, 7) is 0. The molecular weight excluding hydrogens is 322 g/mol. The molecule has 0 bridgehead atoms. The zero-order valence-electron chi connectivity index (χ0n) is 12.4. The van der Waals surface area contributed by atoms with Gasteiger partial charge in [-0.1, -0.05) is 0 Å². The lowest BCUT2D eigenvalue weighted by atomic mass is 10.1. The van der Waals surface area contributed by atoms with Gasteiger partial charge in [-0.05, 0) is 23.8 Å². The average Bonchev–Trinajstić information content (AvgIpc) is 2.47. The monoisotopic (exact) mass is 337 g/mol. The zero-order chi connectivity index (χ0) is 17.2. The SMILES string of the molecule is CN(C)S(=O)(=O)c1cc(-c2ccnc(NC(=O)O)c2)cnc1N. The van der Waals surface area contributed by atoms with Gasteiger partial charge in [-0.2, -0.15) is 0 Å². The summed E-state index contributed by atoms with van der Waals surface area (Å²) in [5.41, 5.74) is 6.68. The van der Waals surface area contributed by atoms with Crippen LogP contribution < -0.4 is 11.1 Å². The summed E-state index contributed by atoms with van der Waals surface area (Å²) in [5, 5.41) is 10.8. The number of sulfonamides is 1. The Kier molecular flexibility index (Phi) is 4.48. The fourth-order valence-electron chi connectivity index (χ4n) is 1.80. The van der Waals surface area contributed by atoms with E-state index in [9.17, 15) is 13.2 Å². The van der Waals surface area contributed by atoms with E-state index in [0.29, 0.717) is 11.1 Å². The summed E-state index contributed by atoms with van der Waals surface area (Å²) >= 11 is 0.